The third kappa shape index (κ3) is 3.74. The third-order valence-electron chi connectivity index (χ3n) is 3.94. The van der Waals surface area contributed by atoms with Crippen LogP contribution in [0.15, 0.2) is 24.3 Å². The van der Waals surface area contributed by atoms with Crippen molar-refractivity contribution >= 4 is 0 Å². The fraction of sp³-hybridized carbons (Fsp3) is 0.625. The van der Waals surface area contributed by atoms with Crippen LogP contribution in [0.5, 0.6) is 5.75 Å². The van der Waals surface area contributed by atoms with Gasteiger partial charge in [-0.3, -0.25) is 0 Å². The van der Waals surface area contributed by atoms with Gasteiger partial charge in [-0.15, -0.1) is 0 Å². The van der Waals surface area contributed by atoms with Crippen LogP contribution in [-0.2, 0) is 0 Å². The van der Waals surface area contributed by atoms with Gasteiger partial charge in [0.1, 0.15) is 5.75 Å². The van der Waals surface area contributed by atoms with Gasteiger partial charge in [0.05, 0.1) is 6.61 Å². The minimum atomic E-state index is 0.128. The van der Waals surface area contributed by atoms with Crippen molar-refractivity contribution in [2.24, 2.45) is 11.7 Å². The predicted molar refractivity (Wildman–Crippen MR) is 75.7 cm³/mol. The summed E-state index contributed by atoms with van der Waals surface area (Å²) >= 11 is 0. The molecule has 0 saturated heterocycles. The quantitative estimate of drug-likeness (QED) is 0.851. The molecular formula is C16H25NO. The molecule has 1 aliphatic carbocycles. The average Bonchev–Trinajstić information content (AvgIpc) is 2.45. The Morgan fingerprint density at radius 1 is 1.28 bits per heavy atom. The molecule has 1 atom stereocenters. The lowest BCUT2D eigenvalue weighted by Crippen LogP contribution is -2.15. The first-order valence-electron chi connectivity index (χ1n) is 7.28. The first-order valence-corrected chi connectivity index (χ1v) is 7.28. The lowest BCUT2D eigenvalue weighted by Gasteiger charge is -2.22. The van der Waals surface area contributed by atoms with Gasteiger partial charge in [0, 0.05) is 6.04 Å². The summed E-state index contributed by atoms with van der Waals surface area (Å²) in [6.45, 7) is 2.98. The number of hydrogen-bond donors (Lipinski definition) is 1. The monoisotopic (exact) mass is 247 g/mol. The molecule has 100 valence electrons. The molecule has 0 bridgehead atoms. The normalized spacial score (nSPS) is 18.6. The fourth-order valence-corrected chi connectivity index (χ4v) is 2.64. The molecule has 1 aromatic rings. The molecule has 2 rings (SSSR count). The molecule has 0 spiro atoms. The molecule has 2 N–H and O–H groups in total. The van der Waals surface area contributed by atoms with Crippen LogP contribution in [0.25, 0.3) is 0 Å². The van der Waals surface area contributed by atoms with E-state index in [1.54, 1.807) is 0 Å². The number of rotatable bonds is 5. The molecule has 0 radical (unpaired) electrons. The van der Waals surface area contributed by atoms with Crippen molar-refractivity contribution < 1.29 is 4.74 Å². The lowest BCUT2D eigenvalue weighted by atomic mass is 9.90. The van der Waals surface area contributed by atoms with Crippen molar-refractivity contribution in [3.05, 3.63) is 29.8 Å². The van der Waals surface area contributed by atoms with Gasteiger partial charge in [-0.25, -0.2) is 0 Å². The maximum Gasteiger partial charge on any atom is 0.119 e. The minimum absolute atomic E-state index is 0.128. The Kier molecular flexibility index (Phi) is 5.06. The standard InChI is InChI=1S/C16H25NO/c1-2-16(17)14-9-6-10-15(11-14)18-12-13-7-4-3-5-8-13/h6,9-11,13,16H,2-5,7-8,12,17H2,1H3. The molecule has 2 heteroatoms. The molecular weight excluding hydrogens is 222 g/mol. The highest BCUT2D eigenvalue weighted by Crippen LogP contribution is 2.25. The van der Waals surface area contributed by atoms with E-state index in [1.165, 1.54) is 37.7 Å². The van der Waals surface area contributed by atoms with Gasteiger partial charge in [-0.05, 0) is 42.9 Å². The van der Waals surface area contributed by atoms with Gasteiger partial charge in [-0.2, -0.15) is 0 Å². The summed E-state index contributed by atoms with van der Waals surface area (Å²) in [6, 6.07) is 8.39. The fourth-order valence-electron chi connectivity index (χ4n) is 2.64. The van der Waals surface area contributed by atoms with Crippen LogP contribution < -0.4 is 10.5 Å². The summed E-state index contributed by atoms with van der Waals surface area (Å²) < 4.78 is 5.93. The molecule has 1 aromatic carbocycles. The first kappa shape index (κ1) is 13.4. The Bertz CT molecular complexity index is 358. The van der Waals surface area contributed by atoms with Gasteiger partial charge >= 0.3 is 0 Å². The smallest absolute Gasteiger partial charge is 0.119 e. The van der Waals surface area contributed by atoms with Crippen molar-refractivity contribution in [2.45, 2.75) is 51.5 Å². The van der Waals surface area contributed by atoms with Gasteiger partial charge in [-0.1, -0.05) is 38.3 Å². The van der Waals surface area contributed by atoms with E-state index in [4.69, 9.17) is 10.5 Å². The molecule has 0 aromatic heterocycles. The van der Waals surface area contributed by atoms with E-state index in [0.717, 1.165) is 24.7 Å². The number of ether oxygens (including phenoxy) is 1. The van der Waals surface area contributed by atoms with Crippen LogP contribution >= 0.6 is 0 Å². The molecule has 18 heavy (non-hydrogen) atoms. The number of nitrogens with two attached hydrogens (primary N) is 1. The van der Waals surface area contributed by atoms with Crippen LogP contribution in [0.2, 0.25) is 0 Å². The molecule has 1 aliphatic rings. The maximum absolute atomic E-state index is 6.05. The van der Waals surface area contributed by atoms with Crippen molar-refractivity contribution in [1.29, 1.82) is 0 Å². The molecule has 2 nitrogen and oxygen atoms in total. The predicted octanol–water partition coefficient (Wildman–Crippen LogP) is 4.06. The molecule has 1 fully saturated rings. The summed E-state index contributed by atoms with van der Waals surface area (Å²) in [5.74, 6) is 1.73. The molecule has 1 saturated carbocycles. The molecule has 0 amide bonds. The minimum Gasteiger partial charge on any atom is -0.493 e. The van der Waals surface area contributed by atoms with E-state index in [-0.39, 0.29) is 6.04 Å². The summed E-state index contributed by atoms with van der Waals surface area (Å²) in [6.07, 6.45) is 7.76. The second-order valence-corrected chi connectivity index (χ2v) is 5.40. The van der Waals surface area contributed by atoms with Crippen LogP contribution in [-0.4, -0.2) is 6.61 Å². The van der Waals surface area contributed by atoms with Gasteiger partial charge in [0.2, 0.25) is 0 Å². The highest BCUT2D eigenvalue weighted by molar-refractivity contribution is 5.30. The molecule has 0 heterocycles. The highest BCUT2D eigenvalue weighted by atomic mass is 16.5. The van der Waals surface area contributed by atoms with E-state index >= 15 is 0 Å². The van der Waals surface area contributed by atoms with Crippen molar-refractivity contribution in [3.8, 4) is 5.75 Å². The Hall–Kier alpha value is -1.02. The number of benzene rings is 1. The molecule has 0 aliphatic heterocycles. The zero-order valence-corrected chi connectivity index (χ0v) is 11.4. The van der Waals surface area contributed by atoms with Crippen LogP contribution in [0.1, 0.15) is 57.1 Å². The summed E-state index contributed by atoms with van der Waals surface area (Å²) in [7, 11) is 0. The zero-order chi connectivity index (χ0) is 12.8. The molecule has 1 unspecified atom stereocenters. The van der Waals surface area contributed by atoms with Gasteiger partial charge < -0.3 is 10.5 Å². The lowest BCUT2D eigenvalue weighted by molar-refractivity contribution is 0.208. The Morgan fingerprint density at radius 2 is 2.06 bits per heavy atom. The zero-order valence-electron chi connectivity index (χ0n) is 11.4. The maximum atomic E-state index is 6.05. The summed E-state index contributed by atoms with van der Waals surface area (Å²) in [4.78, 5) is 0. The van der Waals surface area contributed by atoms with E-state index in [9.17, 15) is 0 Å². The van der Waals surface area contributed by atoms with Crippen molar-refractivity contribution in [3.63, 3.8) is 0 Å². The SMILES string of the molecule is CCC(N)c1cccc(OCC2CCCCC2)c1. The van der Waals surface area contributed by atoms with E-state index in [1.807, 2.05) is 12.1 Å². The first-order chi connectivity index (χ1) is 8.79. The number of hydrogen-bond acceptors (Lipinski definition) is 2. The van der Waals surface area contributed by atoms with Crippen LogP contribution in [0.3, 0.4) is 0 Å². The summed E-state index contributed by atoms with van der Waals surface area (Å²) in [5, 5.41) is 0. The Balaban J connectivity index is 1.88. The second-order valence-electron chi connectivity index (χ2n) is 5.40. The van der Waals surface area contributed by atoms with E-state index < -0.39 is 0 Å². The average molecular weight is 247 g/mol. The Labute approximate surface area is 111 Å². The van der Waals surface area contributed by atoms with Crippen molar-refractivity contribution in [1.82, 2.24) is 0 Å². The topological polar surface area (TPSA) is 35.2 Å². The largest absolute Gasteiger partial charge is 0.493 e. The second kappa shape index (κ2) is 6.79. The van der Waals surface area contributed by atoms with E-state index in [2.05, 4.69) is 19.1 Å². The Morgan fingerprint density at radius 3 is 2.78 bits per heavy atom. The van der Waals surface area contributed by atoms with Crippen molar-refractivity contribution in [2.75, 3.05) is 6.61 Å². The van der Waals surface area contributed by atoms with Gasteiger partial charge in [0.15, 0.2) is 0 Å². The van der Waals surface area contributed by atoms with Gasteiger partial charge in [0.25, 0.3) is 0 Å². The van der Waals surface area contributed by atoms with Crippen LogP contribution in [0.4, 0.5) is 0 Å². The third-order valence-corrected chi connectivity index (χ3v) is 3.94. The highest BCUT2D eigenvalue weighted by Gasteiger charge is 2.14. The van der Waals surface area contributed by atoms with E-state index in [0.29, 0.717) is 0 Å². The van der Waals surface area contributed by atoms with Crippen LogP contribution in [0, 0.1) is 5.92 Å². The summed E-state index contributed by atoms with van der Waals surface area (Å²) in [5.41, 5.74) is 7.23.